The Morgan fingerprint density at radius 2 is 2.17 bits per heavy atom. The van der Waals surface area contributed by atoms with Crippen molar-refractivity contribution in [3.8, 4) is 0 Å². The summed E-state index contributed by atoms with van der Waals surface area (Å²) in [5.41, 5.74) is 0. The van der Waals surface area contributed by atoms with Gasteiger partial charge in [0.1, 0.15) is 6.04 Å². The molecule has 4 N–H and O–H groups in total. The van der Waals surface area contributed by atoms with E-state index in [4.69, 9.17) is 10.2 Å². The molecule has 1 aliphatic heterocycles. The average molecular weight is 294 g/mol. The molecule has 0 aliphatic carbocycles. The van der Waals surface area contributed by atoms with E-state index in [0.29, 0.717) is 11.8 Å². The molecule has 1 rings (SSSR count). The Hall–Kier alpha value is -0.600. The fraction of sp³-hybridized carbons (Fsp3) is 0.800. The summed E-state index contributed by atoms with van der Waals surface area (Å²) in [4.78, 5) is 22.3. The number of thioether (sulfide) groups is 2. The zero-order chi connectivity index (χ0) is 13.4. The molecule has 18 heavy (non-hydrogen) atoms. The first kappa shape index (κ1) is 15.5. The monoisotopic (exact) mass is 294 g/mol. The molecule has 1 saturated heterocycles. The maximum absolute atomic E-state index is 11.5. The number of carbonyl (C=O) groups excluding carboxylic acids is 1. The molecule has 0 aromatic rings. The summed E-state index contributed by atoms with van der Waals surface area (Å²) in [6.45, 7) is 0.265. The second-order valence-electron chi connectivity index (χ2n) is 3.83. The van der Waals surface area contributed by atoms with Gasteiger partial charge in [-0.2, -0.15) is 23.5 Å². The molecule has 0 bridgehead atoms. The van der Waals surface area contributed by atoms with Gasteiger partial charge >= 0.3 is 12.0 Å². The summed E-state index contributed by atoms with van der Waals surface area (Å²) < 4.78 is 0. The van der Waals surface area contributed by atoms with E-state index in [1.807, 2.05) is 23.5 Å². The molecule has 104 valence electrons. The minimum Gasteiger partial charge on any atom is -0.480 e. The highest BCUT2D eigenvalue weighted by Gasteiger charge is 2.20. The Labute approximate surface area is 114 Å². The van der Waals surface area contributed by atoms with Crippen LogP contribution in [0.4, 0.5) is 4.79 Å². The minimum atomic E-state index is -1.14. The Bertz CT molecular complexity index is 285. The first-order valence-corrected chi connectivity index (χ1v) is 7.91. The van der Waals surface area contributed by atoms with E-state index in [1.54, 1.807) is 0 Å². The Balaban J connectivity index is 2.24. The van der Waals surface area contributed by atoms with Gasteiger partial charge in [0, 0.05) is 42.1 Å². The fourth-order valence-electron chi connectivity index (χ4n) is 1.46. The number of nitrogens with one attached hydrogen (secondary N) is 2. The zero-order valence-electron chi connectivity index (χ0n) is 9.92. The number of carbonyl (C=O) groups is 2. The standard InChI is InChI=1S/C10H18N2O4S2/c13-2-1-8(9(14)15)12-10(16)11-5-7-6-17-3-4-18-7/h7-8,13H,1-6H2,(H,14,15)(H2,11,12,16)/t7?,8-/m0/s1. The Morgan fingerprint density at radius 3 is 2.72 bits per heavy atom. The highest BCUT2D eigenvalue weighted by Crippen LogP contribution is 2.23. The molecule has 6 nitrogen and oxygen atoms in total. The van der Waals surface area contributed by atoms with Gasteiger partial charge in [-0.15, -0.1) is 0 Å². The lowest BCUT2D eigenvalue weighted by atomic mass is 10.2. The molecule has 0 aromatic carbocycles. The van der Waals surface area contributed by atoms with Crippen molar-refractivity contribution >= 4 is 35.5 Å². The lowest BCUT2D eigenvalue weighted by molar-refractivity contribution is -0.139. The van der Waals surface area contributed by atoms with Crippen molar-refractivity contribution in [2.45, 2.75) is 17.7 Å². The van der Waals surface area contributed by atoms with E-state index in [9.17, 15) is 9.59 Å². The Kier molecular flexibility index (Phi) is 7.29. The quantitative estimate of drug-likeness (QED) is 0.549. The molecule has 1 unspecified atom stereocenters. The van der Waals surface area contributed by atoms with E-state index in [-0.39, 0.29) is 13.0 Å². The molecule has 0 radical (unpaired) electrons. The number of hydrogen-bond acceptors (Lipinski definition) is 5. The maximum atomic E-state index is 11.5. The number of rotatable bonds is 6. The first-order valence-electron chi connectivity index (χ1n) is 5.71. The number of hydrogen-bond donors (Lipinski definition) is 4. The van der Waals surface area contributed by atoms with Crippen LogP contribution in [0.5, 0.6) is 0 Å². The van der Waals surface area contributed by atoms with E-state index < -0.39 is 18.0 Å². The van der Waals surface area contributed by atoms with Gasteiger partial charge in [-0.3, -0.25) is 0 Å². The van der Waals surface area contributed by atoms with Crippen molar-refractivity contribution in [3.63, 3.8) is 0 Å². The van der Waals surface area contributed by atoms with Crippen LogP contribution in [0.25, 0.3) is 0 Å². The highest BCUT2D eigenvalue weighted by atomic mass is 32.2. The van der Waals surface area contributed by atoms with E-state index in [0.717, 1.165) is 17.3 Å². The number of carboxylic acid groups (broad SMARTS) is 1. The third-order valence-corrected chi connectivity index (χ3v) is 5.24. The summed E-state index contributed by atoms with van der Waals surface area (Å²) in [6, 6.07) is -1.53. The summed E-state index contributed by atoms with van der Waals surface area (Å²) >= 11 is 3.68. The molecule has 1 aliphatic rings. The number of aliphatic hydroxyl groups is 1. The highest BCUT2D eigenvalue weighted by molar-refractivity contribution is 8.06. The van der Waals surface area contributed by atoms with Crippen molar-refractivity contribution in [1.82, 2.24) is 10.6 Å². The van der Waals surface area contributed by atoms with Crippen molar-refractivity contribution in [1.29, 1.82) is 0 Å². The minimum absolute atomic E-state index is 0.0107. The summed E-state index contributed by atoms with van der Waals surface area (Å²) in [7, 11) is 0. The van der Waals surface area contributed by atoms with Gasteiger partial charge in [0.15, 0.2) is 0 Å². The molecule has 8 heteroatoms. The van der Waals surface area contributed by atoms with Crippen LogP contribution in [-0.4, -0.2) is 63.9 Å². The first-order chi connectivity index (χ1) is 8.63. The predicted molar refractivity (Wildman–Crippen MR) is 73.2 cm³/mol. The molecule has 0 saturated carbocycles. The SMILES string of the molecule is O=C(NCC1CSCCS1)N[C@@H](CCO)C(=O)O. The third kappa shape index (κ3) is 5.83. The van der Waals surface area contributed by atoms with Gasteiger partial charge in [-0.25, -0.2) is 9.59 Å². The number of urea groups is 1. The molecule has 0 spiro atoms. The Morgan fingerprint density at radius 1 is 1.39 bits per heavy atom. The summed E-state index contributed by atoms with van der Waals surface area (Å²) in [6.07, 6.45) is 0.0107. The largest absolute Gasteiger partial charge is 0.480 e. The molecular weight excluding hydrogens is 276 g/mol. The summed E-state index contributed by atoms with van der Waals surface area (Å²) in [5, 5.41) is 22.9. The smallest absolute Gasteiger partial charge is 0.326 e. The second-order valence-corrected chi connectivity index (χ2v) is 6.38. The van der Waals surface area contributed by atoms with Crippen LogP contribution < -0.4 is 10.6 Å². The van der Waals surface area contributed by atoms with Crippen LogP contribution in [0.3, 0.4) is 0 Å². The number of aliphatic carboxylic acids is 1. The van der Waals surface area contributed by atoms with Crippen LogP contribution in [0.2, 0.25) is 0 Å². The molecule has 1 heterocycles. The third-order valence-electron chi connectivity index (χ3n) is 2.40. The van der Waals surface area contributed by atoms with Crippen LogP contribution in [0.1, 0.15) is 6.42 Å². The molecule has 2 amide bonds. The maximum Gasteiger partial charge on any atom is 0.326 e. The molecule has 1 fully saturated rings. The van der Waals surface area contributed by atoms with E-state index in [2.05, 4.69) is 10.6 Å². The van der Waals surface area contributed by atoms with Gasteiger partial charge in [-0.05, 0) is 0 Å². The van der Waals surface area contributed by atoms with Gasteiger partial charge in [0.2, 0.25) is 0 Å². The van der Waals surface area contributed by atoms with E-state index >= 15 is 0 Å². The lowest BCUT2D eigenvalue weighted by Crippen LogP contribution is -2.48. The van der Waals surface area contributed by atoms with Gasteiger partial charge in [-0.1, -0.05) is 0 Å². The van der Waals surface area contributed by atoms with Crippen molar-refractivity contribution in [3.05, 3.63) is 0 Å². The zero-order valence-corrected chi connectivity index (χ0v) is 11.6. The summed E-state index contributed by atoms with van der Waals surface area (Å²) in [5.74, 6) is 2.09. The number of amides is 2. The van der Waals surface area contributed by atoms with Gasteiger partial charge in [0.05, 0.1) is 0 Å². The lowest BCUT2D eigenvalue weighted by Gasteiger charge is -2.21. The average Bonchev–Trinajstić information content (AvgIpc) is 2.37. The van der Waals surface area contributed by atoms with Crippen LogP contribution in [-0.2, 0) is 4.79 Å². The van der Waals surface area contributed by atoms with E-state index in [1.165, 1.54) is 0 Å². The van der Waals surface area contributed by atoms with Crippen LogP contribution in [0.15, 0.2) is 0 Å². The van der Waals surface area contributed by atoms with Crippen LogP contribution >= 0.6 is 23.5 Å². The number of aliphatic hydroxyl groups excluding tert-OH is 1. The number of carboxylic acids is 1. The van der Waals surface area contributed by atoms with Crippen LogP contribution in [0, 0.1) is 0 Å². The van der Waals surface area contributed by atoms with Gasteiger partial charge in [0.25, 0.3) is 0 Å². The van der Waals surface area contributed by atoms with Crippen molar-refractivity contribution < 1.29 is 19.8 Å². The molecule has 0 aromatic heterocycles. The molecular formula is C10H18N2O4S2. The second kappa shape index (κ2) is 8.49. The fourth-order valence-corrected chi connectivity index (χ4v) is 4.07. The normalized spacial score (nSPS) is 21.1. The topological polar surface area (TPSA) is 98.7 Å². The van der Waals surface area contributed by atoms with Gasteiger partial charge < -0.3 is 20.8 Å². The molecule has 2 atom stereocenters. The van der Waals surface area contributed by atoms with Crippen molar-refractivity contribution in [2.24, 2.45) is 0 Å². The van der Waals surface area contributed by atoms with Crippen molar-refractivity contribution in [2.75, 3.05) is 30.4 Å². The predicted octanol–water partition coefficient (Wildman–Crippen LogP) is -0.0302.